The van der Waals surface area contributed by atoms with E-state index in [1.807, 2.05) is 0 Å². The zero-order valence-electron chi connectivity index (χ0n) is 40.7. The number of aromatic hydroxyl groups is 1. The lowest BCUT2D eigenvalue weighted by Gasteiger charge is -2.35. The van der Waals surface area contributed by atoms with Crippen molar-refractivity contribution in [3.63, 3.8) is 0 Å². The molecule has 18 nitrogen and oxygen atoms in total. The summed E-state index contributed by atoms with van der Waals surface area (Å²) in [5.74, 6) is -1.01. The molecule has 6 aliphatic rings. The number of unbranched alkanes of at least 4 members (excludes halogenated alkanes) is 1. The fourth-order valence-electron chi connectivity index (χ4n) is 11.8. The largest absolute Gasteiger partial charge is 0.508 e. The Hall–Kier alpha value is -7.76. The summed E-state index contributed by atoms with van der Waals surface area (Å²) >= 11 is 0. The highest BCUT2D eigenvalue weighted by atomic mass is 19.1. The molecule has 5 amide bonds. The van der Waals surface area contributed by atoms with Crippen LogP contribution in [0.3, 0.4) is 0 Å². The number of pyridine rings is 1. The van der Waals surface area contributed by atoms with Gasteiger partial charge in [-0.3, -0.25) is 39.3 Å². The van der Waals surface area contributed by atoms with Gasteiger partial charge in [0, 0.05) is 87.2 Å². The van der Waals surface area contributed by atoms with Crippen LogP contribution in [0.25, 0.3) is 32.9 Å². The minimum absolute atomic E-state index is 0.0265. The van der Waals surface area contributed by atoms with Gasteiger partial charge in [0.1, 0.15) is 47.9 Å². The molecule has 5 aromatic rings. The van der Waals surface area contributed by atoms with Gasteiger partial charge in [0.05, 0.1) is 27.6 Å². The van der Waals surface area contributed by atoms with Gasteiger partial charge in [0.25, 0.3) is 11.8 Å². The Morgan fingerprint density at radius 1 is 1.01 bits per heavy atom. The molecule has 20 heteroatoms. The number of phenolic OH excluding ortho intramolecular Hbond substituents is 1. The van der Waals surface area contributed by atoms with E-state index in [0.717, 1.165) is 29.7 Å². The molecule has 382 valence electrons. The smallest absolute Gasteiger partial charge is 0.409 e. The molecule has 0 saturated carbocycles. The minimum Gasteiger partial charge on any atom is -0.508 e. The van der Waals surface area contributed by atoms with Crippen molar-refractivity contribution >= 4 is 62.9 Å². The van der Waals surface area contributed by atoms with Crippen molar-refractivity contribution in [3.05, 3.63) is 89.1 Å². The Labute approximate surface area is 424 Å². The quantitative estimate of drug-likeness (QED) is 0.0458. The van der Waals surface area contributed by atoms with Crippen LogP contribution in [-0.2, 0) is 14.3 Å². The van der Waals surface area contributed by atoms with E-state index in [1.165, 1.54) is 35.4 Å². The van der Waals surface area contributed by atoms with Crippen molar-refractivity contribution in [1.29, 1.82) is 0 Å². The topological polar surface area (TPSA) is 212 Å². The number of piperidine rings is 1. The number of amides is 5. The molecule has 2 bridgehead atoms. The summed E-state index contributed by atoms with van der Waals surface area (Å²) in [6, 6.07) is 9.56. The van der Waals surface area contributed by atoms with E-state index in [0.29, 0.717) is 80.7 Å². The first-order valence-electron chi connectivity index (χ1n) is 25.0. The monoisotopic (exact) mass is 1010 g/mol. The molecule has 3 aromatic carbocycles. The molecule has 5 saturated heterocycles. The number of nitrogens with zero attached hydrogens (tertiary/aromatic N) is 7. The molecule has 5 atom stereocenters. The second-order valence-electron chi connectivity index (χ2n) is 20.3. The predicted octanol–water partition coefficient (Wildman–Crippen LogP) is 5.65. The van der Waals surface area contributed by atoms with Crippen molar-refractivity contribution in [1.82, 2.24) is 40.3 Å². The summed E-state index contributed by atoms with van der Waals surface area (Å²) in [5.41, 5.74) is 1.33. The third kappa shape index (κ3) is 8.76. The Kier molecular flexibility index (Phi) is 12.6. The maximum atomic E-state index is 17.2. The van der Waals surface area contributed by atoms with Gasteiger partial charge in [-0.25, -0.2) is 13.6 Å². The van der Waals surface area contributed by atoms with Crippen molar-refractivity contribution in [2.24, 2.45) is 0 Å². The zero-order chi connectivity index (χ0) is 51.6. The van der Waals surface area contributed by atoms with Gasteiger partial charge >= 0.3 is 12.1 Å². The molecule has 3 unspecified atom stereocenters. The fraction of sp³-hybridized carbons (Fsp3) is 0.407. The van der Waals surface area contributed by atoms with Gasteiger partial charge in [-0.1, -0.05) is 24.1 Å². The summed E-state index contributed by atoms with van der Waals surface area (Å²) in [6.45, 7) is 7.43. The first-order valence-corrected chi connectivity index (χ1v) is 25.0. The molecular formula is C54H54F2N10O8. The van der Waals surface area contributed by atoms with Crippen LogP contribution in [0.1, 0.15) is 84.1 Å². The third-order valence-electron chi connectivity index (χ3n) is 15.4. The summed E-state index contributed by atoms with van der Waals surface area (Å²) in [5, 5.41) is 20.8. The Balaban J connectivity index is 0.731. The number of carbonyl (C=O) groups is 5. The number of hydrogen-bond acceptors (Lipinski definition) is 15. The number of phenols is 1. The number of imide groups is 2. The lowest BCUT2D eigenvalue weighted by molar-refractivity contribution is -0.136. The lowest BCUT2D eigenvalue weighted by Crippen LogP contribution is -2.54. The molecule has 5 fully saturated rings. The number of fused-ring (bicyclic) bond motifs is 6. The molecule has 74 heavy (non-hydrogen) atoms. The van der Waals surface area contributed by atoms with E-state index in [9.17, 15) is 29.1 Å². The predicted molar refractivity (Wildman–Crippen MR) is 268 cm³/mol. The first-order chi connectivity index (χ1) is 35.7. The fourth-order valence-corrected chi connectivity index (χ4v) is 11.8. The number of nitrogens with one attached hydrogen (secondary N) is 3. The van der Waals surface area contributed by atoms with Crippen molar-refractivity contribution < 1.29 is 47.3 Å². The van der Waals surface area contributed by atoms with E-state index >= 15 is 8.78 Å². The van der Waals surface area contributed by atoms with E-state index in [-0.39, 0.29) is 94.8 Å². The summed E-state index contributed by atoms with van der Waals surface area (Å²) in [7, 11) is 1.68. The Morgan fingerprint density at radius 3 is 2.59 bits per heavy atom. The normalized spacial score (nSPS) is 23.4. The molecule has 2 aromatic heterocycles. The van der Waals surface area contributed by atoms with Crippen LogP contribution in [-0.4, -0.2) is 147 Å². The van der Waals surface area contributed by atoms with Gasteiger partial charge in [0.15, 0.2) is 5.82 Å². The molecule has 8 heterocycles. The van der Waals surface area contributed by atoms with Gasteiger partial charge in [0.2, 0.25) is 11.8 Å². The van der Waals surface area contributed by atoms with Gasteiger partial charge in [-0.2, -0.15) is 9.97 Å². The number of ether oxygens (including phenoxy) is 2. The summed E-state index contributed by atoms with van der Waals surface area (Å²) in [6.07, 6.45) is 12.3. The molecule has 0 aliphatic carbocycles. The van der Waals surface area contributed by atoms with Crippen LogP contribution in [0.5, 0.6) is 11.8 Å². The van der Waals surface area contributed by atoms with Crippen LogP contribution in [0.15, 0.2) is 60.8 Å². The summed E-state index contributed by atoms with van der Waals surface area (Å²) in [4.78, 5) is 84.7. The second kappa shape index (κ2) is 19.3. The molecular weight excluding hydrogens is 955 g/mol. The van der Waals surface area contributed by atoms with E-state index in [2.05, 4.69) is 48.2 Å². The highest BCUT2D eigenvalue weighted by Gasteiger charge is 2.52. The van der Waals surface area contributed by atoms with Crippen LogP contribution in [0, 0.1) is 24.0 Å². The number of hydrogen-bond donors (Lipinski definition) is 4. The Bertz CT molecular complexity index is 3250. The van der Waals surface area contributed by atoms with Gasteiger partial charge < -0.3 is 35.0 Å². The van der Waals surface area contributed by atoms with Crippen LogP contribution < -0.4 is 25.6 Å². The number of terminal acetylenes is 1. The maximum Gasteiger partial charge on any atom is 0.409 e. The minimum atomic E-state index is -1.04. The number of rotatable bonds is 14. The molecule has 4 N–H and O–H groups in total. The van der Waals surface area contributed by atoms with Crippen molar-refractivity contribution in [3.8, 4) is 35.4 Å². The molecule has 6 aliphatic heterocycles. The van der Waals surface area contributed by atoms with E-state index in [4.69, 9.17) is 20.9 Å². The average Bonchev–Trinajstić information content (AvgIpc) is 4.08. The molecule has 0 spiro atoms. The SMILES string of the molecule is C#Cc1c(F)ccc2cc(O)cc(-c3ncc4c(N5CC6CCC(C5)N6)nc(OC[C@@]56CC[C@@H](COC(=O)N(C)CCCCNc7ccc8c(c7)C(=O)N(C7CCC(=O)NC7=O)C8=O)N5CC(=C)C6)nc4c3F)c12. The number of benzene rings is 3. The van der Waals surface area contributed by atoms with Gasteiger partial charge in [-0.05, 0) is 93.2 Å². The third-order valence-corrected chi connectivity index (χ3v) is 15.4. The van der Waals surface area contributed by atoms with Crippen LogP contribution in [0.2, 0.25) is 0 Å². The maximum absolute atomic E-state index is 17.2. The molecule has 0 radical (unpaired) electrons. The highest BCUT2D eigenvalue weighted by Crippen LogP contribution is 2.45. The number of halogens is 2. The number of aromatic nitrogens is 3. The van der Waals surface area contributed by atoms with E-state index < -0.39 is 52.9 Å². The van der Waals surface area contributed by atoms with E-state index in [1.54, 1.807) is 25.2 Å². The number of anilines is 2. The highest BCUT2D eigenvalue weighted by molar-refractivity contribution is 6.23. The van der Waals surface area contributed by atoms with Crippen molar-refractivity contribution in [2.45, 2.75) is 87.5 Å². The van der Waals surface area contributed by atoms with Crippen LogP contribution >= 0.6 is 0 Å². The Morgan fingerprint density at radius 2 is 1.81 bits per heavy atom. The average molecular weight is 1010 g/mol. The molecule has 11 rings (SSSR count). The van der Waals surface area contributed by atoms with Gasteiger partial charge in [-0.15, -0.1) is 6.42 Å². The standard InChI is InChI=1S/C54H54F2N10O8/c1-4-36-41(55)12-7-30-19-35(67)21-39(44(30)36)46-45(56)47-40(23-58-46)48(64-25-32-8-9-33(26-64)59-32)62-52(61-47)74-28-54-16-15-34(65(54)24-29(2)22-54)27-73-53(72)63(3)18-6-5-17-57-31-10-11-37-38(20-31)51(71)66(50(37)70)42-13-14-43(68)60-49(42)69/h1,7,10-12,19-21,23,32-34,42,57,59,67H,2,5-6,8-9,13-18,22,24-28H2,3H3,(H,60,68,69)/t32?,33?,34-,42?,54-/m0/s1. The summed E-state index contributed by atoms with van der Waals surface area (Å²) < 4.78 is 44.7. The van der Waals surface area contributed by atoms with Crippen molar-refractivity contribution in [2.75, 3.05) is 63.2 Å². The number of carbonyl (C=O) groups excluding carboxylic acids is 5. The number of piperazine rings is 1. The lowest BCUT2D eigenvalue weighted by atomic mass is 9.94. The first kappa shape index (κ1) is 48.5. The zero-order valence-corrected chi connectivity index (χ0v) is 40.7. The van der Waals surface area contributed by atoms with Crippen LogP contribution in [0.4, 0.5) is 25.1 Å². The second-order valence-corrected chi connectivity index (χ2v) is 20.3.